The van der Waals surface area contributed by atoms with E-state index in [1.807, 2.05) is 0 Å². The molecule has 1 fully saturated rings. The van der Waals surface area contributed by atoms with E-state index in [2.05, 4.69) is 16.0 Å². The van der Waals surface area contributed by atoms with Crippen molar-refractivity contribution in [2.45, 2.75) is 19.4 Å². The molecule has 8 nitrogen and oxygen atoms in total. The fourth-order valence-electron chi connectivity index (χ4n) is 3.04. The number of anilines is 2. The summed E-state index contributed by atoms with van der Waals surface area (Å²) in [6.45, 7) is 2.36. The molecule has 3 rings (SSSR count). The van der Waals surface area contributed by atoms with Crippen LogP contribution in [0.15, 0.2) is 48.5 Å². The maximum Gasteiger partial charge on any atom is 0.325 e. The SMILES string of the molecule is CC(=O)Nc1cccc(NC(=O)CN2C(=O)NC(C)(c3ccc(F)cc3)C2=O)c1. The van der Waals surface area contributed by atoms with Gasteiger partial charge in [0, 0.05) is 18.3 Å². The van der Waals surface area contributed by atoms with Crippen molar-refractivity contribution in [2.75, 3.05) is 17.2 Å². The van der Waals surface area contributed by atoms with Gasteiger partial charge in [0.2, 0.25) is 11.8 Å². The second-order valence-corrected chi connectivity index (χ2v) is 6.76. The van der Waals surface area contributed by atoms with Gasteiger partial charge in [-0.05, 0) is 42.8 Å². The van der Waals surface area contributed by atoms with Gasteiger partial charge in [0.05, 0.1) is 0 Å². The second kappa shape index (κ2) is 7.70. The third-order valence-electron chi connectivity index (χ3n) is 4.46. The number of urea groups is 1. The van der Waals surface area contributed by atoms with E-state index in [0.717, 1.165) is 4.90 Å². The molecule has 1 saturated heterocycles. The molecule has 1 aliphatic heterocycles. The topological polar surface area (TPSA) is 108 Å². The van der Waals surface area contributed by atoms with Crippen LogP contribution < -0.4 is 16.0 Å². The van der Waals surface area contributed by atoms with Crippen molar-refractivity contribution >= 4 is 35.1 Å². The summed E-state index contributed by atoms with van der Waals surface area (Å²) < 4.78 is 13.2. The molecule has 1 heterocycles. The lowest BCUT2D eigenvalue weighted by Gasteiger charge is -2.22. The maximum atomic E-state index is 13.2. The first-order chi connectivity index (χ1) is 13.7. The van der Waals surface area contributed by atoms with Crippen LogP contribution in [0.5, 0.6) is 0 Å². The summed E-state index contributed by atoms with van der Waals surface area (Å²) in [5, 5.41) is 7.73. The fourth-order valence-corrected chi connectivity index (χ4v) is 3.04. The summed E-state index contributed by atoms with van der Waals surface area (Å²) in [5.41, 5.74) is -0.0944. The Kier molecular flexibility index (Phi) is 5.31. The second-order valence-electron chi connectivity index (χ2n) is 6.76. The Morgan fingerprint density at radius 1 is 1.07 bits per heavy atom. The van der Waals surface area contributed by atoms with E-state index in [0.29, 0.717) is 16.9 Å². The lowest BCUT2D eigenvalue weighted by atomic mass is 9.92. The highest BCUT2D eigenvalue weighted by atomic mass is 19.1. The van der Waals surface area contributed by atoms with Crippen LogP contribution in [0, 0.1) is 5.82 Å². The van der Waals surface area contributed by atoms with Crippen molar-refractivity contribution in [3.8, 4) is 0 Å². The zero-order chi connectivity index (χ0) is 21.2. The monoisotopic (exact) mass is 398 g/mol. The first-order valence-corrected chi connectivity index (χ1v) is 8.77. The Morgan fingerprint density at radius 3 is 2.31 bits per heavy atom. The van der Waals surface area contributed by atoms with E-state index in [1.54, 1.807) is 24.3 Å². The van der Waals surface area contributed by atoms with Gasteiger partial charge in [-0.15, -0.1) is 0 Å². The van der Waals surface area contributed by atoms with Crippen LogP contribution in [0.3, 0.4) is 0 Å². The highest BCUT2D eigenvalue weighted by Crippen LogP contribution is 2.29. The molecular formula is C20H19FN4O4. The van der Waals surface area contributed by atoms with Gasteiger partial charge < -0.3 is 16.0 Å². The maximum absolute atomic E-state index is 13.2. The fraction of sp³-hybridized carbons (Fsp3) is 0.200. The zero-order valence-corrected chi connectivity index (χ0v) is 15.8. The van der Waals surface area contributed by atoms with Crippen molar-refractivity contribution in [2.24, 2.45) is 0 Å². The van der Waals surface area contributed by atoms with Gasteiger partial charge in [-0.2, -0.15) is 0 Å². The van der Waals surface area contributed by atoms with Crippen LogP contribution in [0.4, 0.5) is 20.6 Å². The van der Waals surface area contributed by atoms with Gasteiger partial charge in [0.15, 0.2) is 0 Å². The van der Waals surface area contributed by atoms with Gasteiger partial charge >= 0.3 is 6.03 Å². The summed E-state index contributed by atoms with van der Waals surface area (Å²) in [4.78, 5) is 49.4. The lowest BCUT2D eigenvalue weighted by Crippen LogP contribution is -2.42. The average molecular weight is 398 g/mol. The first-order valence-electron chi connectivity index (χ1n) is 8.77. The van der Waals surface area contributed by atoms with Crippen LogP contribution in [-0.2, 0) is 19.9 Å². The predicted octanol–water partition coefficient (Wildman–Crippen LogP) is 2.19. The summed E-state index contributed by atoms with van der Waals surface area (Å²) in [7, 11) is 0. The van der Waals surface area contributed by atoms with Crippen molar-refractivity contribution in [3.05, 3.63) is 59.9 Å². The molecular weight excluding hydrogens is 379 g/mol. The highest BCUT2D eigenvalue weighted by molar-refractivity contribution is 6.10. The third kappa shape index (κ3) is 4.23. The third-order valence-corrected chi connectivity index (χ3v) is 4.46. The Hall–Kier alpha value is -3.75. The van der Waals surface area contributed by atoms with Gasteiger partial charge in [-0.1, -0.05) is 18.2 Å². The number of hydrogen-bond acceptors (Lipinski definition) is 4. The van der Waals surface area contributed by atoms with Crippen LogP contribution in [-0.4, -0.2) is 35.2 Å². The molecule has 3 N–H and O–H groups in total. The number of hydrogen-bond donors (Lipinski definition) is 3. The normalized spacial score (nSPS) is 18.4. The van der Waals surface area contributed by atoms with Gasteiger partial charge in [0.25, 0.3) is 5.91 Å². The van der Waals surface area contributed by atoms with E-state index in [-0.39, 0.29) is 5.91 Å². The zero-order valence-electron chi connectivity index (χ0n) is 15.8. The Labute approximate surface area is 166 Å². The Morgan fingerprint density at radius 2 is 1.69 bits per heavy atom. The van der Waals surface area contributed by atoms with Crippen LogP contribution in [0.25, 0.3) is 0 Å². The minimum atomic E-state index is -1.39. The van der Waals surface area contributed by atoms with Gasteiger partial charge in [0.1, 0.15) is 17.9 Å². The minimum Gasteiger partial charge on any atom is -0.326 e. The van der Waals surface area contributed by atoms with Gasteiger partial charge in [-0.3, -0.25) is 19.3 Å². The quantitative estimate of drug-likeness (QED) is 0.671. The number of nitrogens with one attached hydrogen (secondary N) is 3. The number of rotatable bonds is 5. The van der Waals surface area contributed by atoms with Crippen LogP contribution in [0.2, 0.25) is 0 Å². The number of carbonyl (C=O) groups excluding carboxylic acids is 4. The summed E-state index contributed by atoms with van der Waals surface area (Å²) >= 11 is 0. The molecule has 0 bridgehead atoms. The number of imide groups is 1. The number of halogens is 1. The van der Waals surface area contributed by atoms with Crippen molar-refractivity contribution in [1.29, 1.82) is 0 Å². The van der Waals surface area contributed by atoms with Gasteiger partial charge in [-0.25, -0.2) is 9.18 Å². The molecule has 2 aromatic rings. The smallest absolute Gasteiger partial charge is 0.325 e. The molecule has 1 aliphatic rings. The summed E-state index contributed by atoms with van der Waals surface area (Å²) in [6, 6.07) is 10.9. The standard InChI is InChI=1S/C20H19FN4O4/c1-12(26)22-15-4-3-5-16(10-15)23-17(27)11-25-18(28)20(2,24-19(25)29)13-6-8-14(21)9-7-13/h3-10H,11H2,1-2H3,(H,22,26)(H,23,27)(H,24,29). The minimum absolute atomic E-state index is 0.257. The van der Waals surface area contributed by atoms with Crippen LogP contribution in [0.1, 0.15) is 19.4 Å². The molecule has 5 amide bonds. The van der Waals surface area contributed by atoms with E-state index >= 15 is 0 Å². The van der Waals surface area contributed by atoms with Crippen molar-refractivity contribution < 1.29 is 23.6 Å². The number of nitrogens with zero attached hydrogens (tertiary/aromatic N) is 1. The Balaban J connectivity index is 1.71. The van der Waals surface area contributed by atoms with E-state index < -0.39 is 35.7 Å². The predicted molar refractivity (Wildman–Crippen MR) is 103 cm³/mol. The highest BCUT2D eigenvalue weighted by Gasteiger charge is 2.49. The number of amides is 5. The summed E-state index contributed by atoms with van der Waals surface area (Å²) in [5.74, 6) is -1.92. The molecule has 0 aliphatic carbocycles. The molecule has 29 heavy (non-hydrogen) atoms. The molecule has 150 valence electrons. The molecule has 0 spiro atoms. The molecule has 9 heteroatoms. The lowest BCUT2D eigenvalue weighted by molar-refractivity contribution is -0.133. The number of benzene rings is 2. The van der Waals surface area contributed by atoms with E-state index in [1.165, 1.54) is 38.1 Å². The average Bonchev–Trinajstić information content (AvgIpc) is 2.86. The number of carbonyl (C=O) groups is 4. The largest absolute Gasteiger partial charge is 0.326 e. The molecule has 0 aromatic heterocycles. The van der Waals surface area contributed by atoms with E-state index in [4.69, 9.17) is 0 Å². The first kappa shape index (κ1) is 20.0. The van der Waals surface area contributed by atoms with Crippen molar-refractivity contribution in [3.63, 3.8) is 0 Å². The van der Waals surface area contributed by atoms with Crippen LogP contribution >= 0.6 is 0 Å². The van der Waals surface area contributed by atoms with E-state index in [9.17, 15) is 23.6 Å². The Bertz CT molecular complexity index is 992. The van der Waals surface area contributed by atoms with Crippen molar-refractivity contribution in [1.82, 2.24) is 10.2 Å². The molecule has 1 atom stereocenters. The molecule has 1 unspecified atom stereocenters. The molecule has 0 radical (unpaired) electrons. The molecule has 2 aromatic carbocycles. The summed E-state index contributed by atoms with van der Waals surface area (Å²) in [6.07, 6.45) is 0. The molecule has 0 saturated carbocycles.